The summed E-state index contributed by atoms with van der Waals surface area (Å²) in [6.45, 7) is 5.47. The van der Waals surface area contributed by atoms with E-state index in [9.17, 15) is 4.79 Å². The van der Waals surface area contributed by atoms with Gasteiger partial charge in [0.15, 0.2) is 0 Å². The van der Waals surface area contributed by atoms with E-state index in [1.807, 2.05) is 19.1 Å². The van der Waals surface area contributed by atoms with Crippen molar-refractivity contribution in [2.24, 2.45) is 0 Å². The number of hydrogen-bond acceptors (Lipinski definition) is 1. The summed E-state index contributed by atoms with van der Waals surface area (Å²) in [6, 6.07) is -0.178. The zero-order chi connectivity index (χ0) is 9.40. The molecule has 0 saturated heterocycles. The third-order valence-electron chi connectivity index (χ3n) is 1.36. The standard InChI is InChI=1S/C9H16N2O/c1-4-5-6-7-8(2)11-9(12)10-3/h4,7H,1,5-6H2,2-3H3,(H2,10,11,12)/b8-7+. The summed E-state index contributed by atoms with van der Waals surface area (Å²) in [5, 5.41) is 5.14. The Morgan fingerprint density at radius 1 is 1.50 bits per heavy atom. The Morgan fingerprint density at radius 2 is 2.17 bits per heavy atom. The highest BCUT2D eigenvalue weighted by atomic mass is 16.2. The number of hydrogen-bond donors (Lipinski definition) is 2. The van der Waals surface area contributed by atoms with E-state index in [1.165, 1.54) is 0 Å². The van der Waals surface area contributed by atoms with Crippen LogP contribution in [-0.4, -0.2) is 13.1 Å². The molecule has 0 aliphatic carbocycles. The van der Waals surface area contributed by atoms with Gasteiger partial charge in [0.25, 0.3) is 0 Å². The van der Waals surface area contributed by atoms with Crippen LogP contribution < -0.4 is 10.6 Å². The topological polar surface area (TPSA) is 41.1 Å². The number of nitrogens with one attached hydrogen (secondary N) is 2. The quantitative estimate of drug-likeness (QED) is 0.487. The van der Waals surface area contributed by atoms with Gasteiger partial charge in [-0.2, -0.15) is 0 Å². The van der Waals surface area contributed by atoms with Gasteiger partial charge >= 0.3 is 6.03 Å². The van der Waals surface area contributed by atoms with Crippen LogP contribution in [0, 0.1) is 0 Å². The van der Waals surface area contributed by atoms with Crippen molar-refractivity contribution in [3.8, 4) is 0 Å². The van der Waals surface area contributed by atoms with Crippen LogP contribution in [-0.2, 0) is 0 Å². The zero-order valence-electron chi connectivity index (χ0n) is 7.68. The Kier molecular flexibility index (Phi) is 5.79. The number of carbonyl (C=O) groups is 1. The second kappa shape index (κ2) is 6.46. The van der Waals surface area contributed by atoms with Crippen molar-refractivity contribution in [2.75, 3.05) is 7.05 Å². The molecule has 0 aliphatic rings. The number of amides is 2. The van der Waals surface area contributed by atoms with E-state index >= 15 is 0 Å². The smallest absolute Gasteiger partial charge is 0.318 e. The molecule has 68 valence electrons. The first-order valence-electron chi connectivity index (χ1n) is 3.97. The molecule has 0 saturated carbocycles. The SMILES string of the molecule is C=CCC/C=C(\C)NC(=O)NC. The first-order chi connectivity index (χ1) is 5.70. The predicted molar refractivity (Wildman–Crippen MR) is 50.8 cm³/mol. The molecule has 0 radical (unpaired) electrons. The van der Waals surface area contributed by atoms with E-state index in [2.05, 4.69) is 17.2 Å². The molecule has 0 bridgehead atoms. The van der Waals surface area contributed by atoms with Gasteiger partial charge in [0, 0.05) is 12.7 Å². The maximum Gasteiger partial charge on any atom is 0.318 e. The van der Waals surface area contributed by atoms with E-state index < -0.39 is 0 Å². The van der Waals surface area contributed by atoms with Crippen LogP contribution in [0.25, 0.3) is 0 Å². The summed E-state index contributed by atoms with van der Waals surface area (Å²) >= 11 is 0. The fraction of sp³-hybridized carbons (Fsp3) is 0.444. The monoisotopic (exact) mass is 168 g/mol. The Hall–Kier alpha value is -1.25. The Labute approximate surface area is 73.5 Å². The summed E-state index contributed by atoms with van der Waals surface area (Å²) in [6.07, 6.45) is 5.67. The third-order valence-corrected chi connectivity index (χ3v) is 1.36. The first kappa shape index (κ1) is 10.8. The van der Waals surface area contributed by atoms with Crippen molar-refractivity contribution in [2.45, 2.75) is 19.8 Å². The van der Waals surface area contributed by atoms with Gasteiger partial charge in [0.2, 0.25) is 0 Å². The molecule has 0 aliphatic heterocycles. The van der Waals surface area contributed by atoms with E-state index in [-0.39, 0.29) is 6.03 Å². The minimum absolute atomic E-state index is 0.178. The number of carbonyl (C=O) groups excluding carboxylic acids is 1. The van der Waals surface area contributed by atoms with E-state index in [0.29, 0.717) is 0 Å². The first-order valence-corrected chi connectivity index (χ1v) is 3.97. The highest BCUT2D eigenvalue weighted by Crippen LogP contribution is 1.95. The minimum Gasteiger partial charge on any atom is -0.341 e. The molecule has 3 nitrogen and oxygen atoms in total. The van der Waals surface area contributed by atoms with Crippen molar-refractivity contribution in [3.05, 3.63) is 24.4 Å². The number of allylic oxidation sites excluding steroid dienone is 3. The van der Waals surface area contributed by atoms with E-state index in [1.54, 1.807) is 7.05 Å². The maximum absolute atomic E-state index is 10.8. The summed E-state index contributed by atoms with van der Waals surface area (Å²) in [5.41, 5.74) is 0.871. The van der Waals surface area contributed by atoms with Crippen molar-refractivity contribution in [3.63, 3.8) is 0 Å². The lowest BCUT2D eigenvalue weighted by molar-refractivity contribution is 0.245. The molecule has 2 N–H and O–H groups in total. The molecule has 2 amide bonds. The molecule has 0 aromatic rings. The molecule has 0 aromatic carbocycles. The van der Waals surface area contributed by atoms with Crippen LogP contribution in [0.3, 0.4) is 0 Å². The van der Waals surface area contributed by atoms with Crippen LogP contribution in [0.4, 0.5) is 4.79 Å². The minimum atomic E-state index is -0.178. The molecule has 0 fully saturated rings. The molecule has 3 heteroatoms. The molecule has 0 atom stereocenters. The second-order valence-corrected chi connectivity index (χ2v) is 2.46. The summed E-state index contributed by atoms with van der Waals surface area (Å²) in [7, 11) is 1.59. The molecule has 12 heavy (non-hydrogen) atoms. The molecule has 0 spiro atoms. The molecular formula is C9H16N2O. The summed E-state index contributed by atoms with van der Waals surface area (Å²) in [4.78, 5) is 10.8. The largest absolute Gasteiger partial charge is 0.341 e. The van der Waals surface area contributed by atoms with E-state index in [4.69, 9.17) is 0 Å². The van der Waals surface area contributed by atoms with Gasteiger partial charge in [-0.15, -0.1) is 6.58 Å². The highest BCUT2D eigenvalue weighted by Gasteiger charge is 1.94. The van der Waals surface area contributed by atoms with Gasteiger partial charge < -0.3 is 10.6 Å². The Balaban J connectivity index is 3.69. The second-order valence-electron chi connectivity index (χ2n) is 2.46. The van der Waals surface area contributed by atoms with Gasteiger partial charge in [-0.3, -0.25) is 0 Å². The van der Waals surface area contributed by atoms with Crippen molar-refractivity contribution < 1.29 is 4.79 Å². The van der Waals surface area contributed by atoms with Crippen LogP contribution in [0.2, 0.25) is 0 Å². The number of unbranched alkanes of at least 4 members (excludes halogenated alkanes) is 1. The van der Waals surface area contributed by atoms with Crippen LogP contribution in [0.5, 0.6) is 0 Å². The third kappa shape index (κ3) is 5.53. The molecule has 0 unspecified atom stereocenters. The van der Waals surface area contributed by atoms with Gasteiger partial charge in [0.05, 0.1) is 0 Å². The number of rotatable bonds is 4. The fourth-order valence-corrected chi connectivity index (χ4v) is 0.710. The van der Waals surface area contributed by atoms with Crippen molar-refractivity contribution in [1.29, 1.82) is 0 Å². The normalized spacial score (nSPS) is 10.7. The van der Waals surface area contributed by atoms with Crippen LogP contribution in [0.15, 0.2) is 24.4 Å². The van der Waals surface area contributed by atoms with Crippen LogP contribution in [0.1, 0.15) is 19.8 Å². The van der Waals surface area contributed by atoms with Gasteiger partial charge in [-0.05, 0) is 19.8 Å². The van der Waals surface area contributed by atoms with Gasteiger partial charge in [-0.1, -0.05) is 12.2 Å². The lowest BCUT2D eigenvalue weighted by atomic mass is 10.2. The Morgan fingerprint density at radius 3 is 2.67 bits per heavy atom. The fourth-order valence-electron chi connectivity index (χ4n) is 0.710. The van der Waals surface area contributed by atoms with Gasteiger partial charge in [-0.25, -0.2) is 4.79 Å². The number of urea groups is 1. The summed E-state index contributed by atoms with van der Waals surface area (Å²) in [5.74, 6) is 0. The molecule has 0 heterocycles. The van der Waals surface area contributed by atoms with Gasteiger partial charge in [0.1, 0.15) is 0 Å². The maximum atomic E-state index is 10.8. The highest BCUT2D eigenvalue weighted by molar-refractivity contribution is 5.75. The average molecular weight is 168 g/mol. The molecular weight excluding hydrogens is 152 g/mol. The predicted octanol–water partition coefficient (Wildman–Crippen LogP) is 1.79. The summed E-state index contributed by atoms with van der Waals surface area (Å²) < 4.78 is 0. The lowest BCUT2D eigenvalue weighted by Gasteiger charge is -2.02. The molecule has 0 rings (SSSR count). The zero-order valence-corrected chi connectivity index (χ0v) is 7.68. The average Bonchev–Trinajstić information content (AvgIpc) is 2.05. The van der Waals surface area contributed by atoms with Crippen molar-refractivity contribution in [1.82, 2.24) is 10.6 Å². The Bertz CT molecular complexity index is 185. The molecule has 0 aromatic heterocycles. The van der Waals surface area contributed by atoms with E-state index in [0.717, 1.165) is 18.5 Å². The van der Waals surface area contributed by atoms with Crippen LogP contribution >= 0.6 is 0 Å². The van der Waals surface area contributed by atoms with Crippen molar-refractivity contribution >= 4 is 6.03 Å². The lowest BCUT2D eigenvalue weighted by Crippen LogP contribution is -2.31.